The Morgan fingerprint density at radius 3 is 1.64 bits per heavy atom. The second-order valence-corrected chi connectivity index (χ2v) is 3.82. The maximum atomic E-state index is 13.0. The molecule has 0 fully saturated rings. The fourth-order valence-electron chi connectivity index (χ4n) is 0.744. The Kier molecular flexibility index (Phi) is 2.80. The van der Waals surface area contributed by atoms with E-state index >= 15 is 0 Å². The summed E-state index contributed by atoms with van der Waals surface area (Å²) < 4.78 is 64.0. The van der Waals surface area contributed by atoms with Gasteiger partial charge in [-0.3, -0.25) is 0 Å². The maximum absolute atomic E-state index is 13.0. The van der Waals surface area contributed by atoms with E-state index in [4.69, 9.17) is 11.6 Å². The molecule has 80 valence electrons. The smallest absolute Gasteiger partial charge is 0.213 e. The lowest BCUT2D eigenvalue weighted by molar-refractivity contribution is 0.100. The molecule has 0 saturated carbocycles. The van der Waals surface area contributed by atoms with Crippen molar-refractivity contribution in [2.45, 2.75) is 10.3 Å². The van der Waals surface area contributed by atoms with Crippen LogP contribution in [0.2, 0.25) is 0 Å². The highest BCUT2D eigenvalue weighted by Crippen LogP contribution is 2.55. The van der Waals surface area contributed by atoms with Crippen LogP contribution in [0.25, 0.3) is 0 Å². The van der Waals surface area contributed by atoms with Gasteiger partial charge in [-0.1, -0.05) is 34.8 Å². The van der Waals surface area contributed by atoms with Crippen LogP contribution in [0.5, 0.6) is 0 Å². The summed E-state index contributed by atoms with van der Waals surface area (Å²) in [5.74, 6) is -6.73. The molecule has 0 nitrogen and oxygen atoms in total. The molecule has 1 aliphatic carbocycles. The van der Waals surface area contributed by atoms with Crippen LogP contribution in [-0.2, 0) is 0 Å². The number of allylic oxidation sites excluding steroid dienone is 4. The molecule has 0 aromatic rings. The number of alkyl halides is 4. The zero-order valence-corrected chi connectivity index (χ0v) is 8.29. The minimum atomic E-state index is -4.15. The molecule has 0 bridgehead atoms. The van der Waals surface area contributed by atoms with E-state index in [1.807, 2.05) is 0 Å². The van der Waals surface area contributed by atoms with Crippen molar-refractivity contribution in [3.8, 4) is 0 Å². The molecular weight excluding hydrogens is 273 g/mol. The van der Waals surface area contributed by atoms with Gasteiger partial charge in [-0.05, 0) is 0 Å². The van der Waals surface area contributed by atoms with Crippen molar-refractivity contribution >= 4 is 34.8 Å². The van der Waals surface area contributed by atoms with Crippen molar-refractivity contribution in [2.24, 2.45) is 0 Å². The van der Waals surface area contributed by atoms with E-state index in [0.717, 1.165) is 0 Å². The van der Waals surface area contributed by atoms with Gasteiger partial charge in [0.1, 0.15) is 5.03 Å². The molecule has 2 unspecified atom stereocenters. The molecule has 0 saturated heterocycles. The predicted octanol–water partition coefficient (Wildman–Crippen LogP) is 4.38. The zero-order chi connectivity index (χ0) is 11.3. The fraction of sp³-hybridized carbons (Fsp3) is 0.333. The summed E-state index contributed by atoms with van der Waals surface area (Å²) in [6.45, 7) is 0. The Hall–Kier alpha value is -0.000000000000000111. The molecule has 0 radical (unpaired) electrons. The van der Waals surface area contributed by atoms with Crippen LogP contribution in [0.4, 0.5) is 22.0 Å². The van der Waals surface area contributed by atoms with Crippen LogP contribution in [0.15, 0.2) is 22.5 Å². The summed E-state index contributed by atoms with van der Waals surface area (Å²) in [5, 5.41) is -9.79. The van der Waals surface area contributed by atoms with Crippen molar-refractivity contribution in [1.29, 1.82) is 0 Å². The van der Waals surface area contributed by atoms with E-state index in [0.29, 0.717) is 0 Å². The Morgan fingerprint density at radius 1 is 0.857 bits per heavy atom. The first-order valence-electron chi connectivity index (χ1n) is 3.01. The molecule has 0 N–H and O–H groups in total. The molecule has 8 heteroatoms. The van der Waals surface area contributed by atoms with Gasteiger partial charge in [0, 0.05) is 0 Å². The maximum Gasteiger partial charge on any atom is 0.292 e. The second kappa shape index (κ2) is 3.25. The lowest BCUT2D eigenvalue weighted by Crippen LogP contribution is -2.42. The highest BCUT2D eigenvalue weighted by atomic mass is 35.5. The molecular formula is C6Cl3F5. The molecule has 0 amide bonds. The van der Waals surface area contributed by atoms with E-state index < -0.39 is 32.8 Å². The molecule has 2 atom stereocenters. The van der Waals surface area contributed by atoms with Crippen molar-refractivity contribution in [2.75, 3.05) is 0 Å². The van der Waals surface area contributed by atoms with Crippen LogP contribution in [0.3, 0.4) is 0 Å². The molecule has 0 aromatic heterocycles. The summed E-state index contributed by atoms with van der Waals surface area (Å²) in [7, 11) is 0. The molecule has 0 aliphatic heterocycles. The number of hydrogen-bond donors (Lipinski definition) is 0. The van der Waals surface area contributed by atoms with Gasteiger partial charge in [0.15, 0.2) is 17.5 Å². The van der Waals surface area contributed by atoms with Crippen molar-refractivity contribution < 1.29 is 22.0 Å². The van der Waals surface area contributed by atoms with Gasteiger partial charge in [-0.2, -0.15) is 0 Å². The molecule has 1 aliphatic rings. The minimum Gasteiger partial charge on any atom is -0.213 e. The minimum absolute atomic E-state index is 1.58. The first-order valence-corrected chi connectivity index (χ1v) is 4.15. The first-order chi connectivity index (χ1) is 6.14. The second-order valence-electron chi connectivity index (χ2n) is 2.40. The topological polar surface area (TPSA) is 0 Å². The van der Waals surface area contributed by atoms with Gasteiger partial charge in [-0.25, -0.2) is 22.0 Å². The van der Waals surface area contributed by atoms with Crippen LogP contribution >= 0.6 is 34.8 Å². The Bertz CT molecular complexity index is 309. The quantitative estimate of drug-likeness (QED) is 0.454. The van der Waals surface area contributed by atoms with Crippen LogP contribution in [0.1, 0.15) is 0 Å². The molecule has 1 rings (SSSR count). The Balaban J connectivity index is 3.48. The van der Waals surface area contributed by atoms with Gasteiger partial charge in [-0.15, -0.1) is 0 Å². The van der Waals surface area contributed by atoms with Crippen molar-refractivity contribution in [3.05, 3.63) is 22.5 Å². The van der Waals surface area contributed by atoms with E-state index in [1.54, 1.807) is 0 Å². The predicted molar refractivity (Wildman–Crippen MR) is 42.6 cm³/mol. The lowest BCUT2D eigenvalue weighted by atomic mass is 10.1. The normalized spacial score (nSPS) is 39.4. The third-order valence-corrected chi connectivity index (χ3v) is 2.81. The van der Waals surface area contributed by atoms with Gasteiger partial charge >= 0.3 is 0 Å². The van der Waals surface area contributed by atoms with Crippen LogP contribution in [0, 0.1) is 0 Å². The van der Waals surface area contributed by atoms with Gasteiger partial charge < -0.3 is 0 Å². The molecule has 0 heterocycles. The third-order valence-electron chi connectivity index (χ3n) is 1.52. The van der Waals surface area contributed by atoms with E-state index in [9.17, 15) is 22.0 Å². The Morgan fingerprint density at radius 2 is 1.21 bits per heavy atom. The van der Waals surface area contributed by atoms with Gasteiger partial charge in [0.25, 0.3) is 10.3 Å². The number of hydrogen-bond acceptors (Lipinski definition) is 0. The van der Waals surface area contributed by atoms with Crippen LogP contribution in [-0.4, -0.2) is 10.3 Å². The number of halogens is 8. The largest absolute Gasteiger partial charge is 0.292 e. The van der Waals surface area contributed by atoms with E-state index in [1.165, 1.54) is 0 Å². The summed E-state index contributed by atoms with van der Waals surface area (Å²) in [6.07, 6.45) is 0. The summed E-state index contributed by atoms with van der Waals surface area (Å²) in [6, 6.07) is 0. The molecule has 0 aromatic carbocycles. The van der Waals surface area contributed by atoms with E-state index in [2.05, 4.69) is 23.2 Å². The molecule has 0 spiro atoms. The summed E-state index contributed by atoms with van der Waals surface area (Å²) in [4.78, 5) is 0. The van der Waals surface area contributed by atoms with Gasteiger partial charge in [0.2, 0.25) is 0 Å². The number of rotatable bonds is 0. The standard InChI is InChI=1S/C6Cl3F5/c7-1-2(10)4(12)6(9,14)5(8,13)3(1)11. The summed E-state index contributed by atoms with van der Waals surface area (Å²) in [5.41, 5.74) is 0. The SMILES string of the molecule is FC1=C(F)C(F)(Cl)C(F)(Cl)C(F)=C1Cl. The van der Waals surface area contributed by atoms with Crippen molar-refractivity contribution in [3.63, 3.8) is 0 Å². The van der Waals surface area contributed by atoms with Crippen molar-refractivity contribution in [1.82, 2.24) is 0 Å². The fourth-order valence-corrected chi connectivity index (χ4v) is 1.35. The van der Waals surface area contributed by atoms with Gasteiger partial charge in [0.05, 0.1) is 0 Å². The third kappa shape index (κ3) is 1.33. The van der Waals surface area contributed by atoms with E-state index in [-0.39, 0.29) is 0 Å². The highest BCUT2D eigenvalue weighted by molar-refractivity contribution is 6.39. The first kappa shape index (κ1) is 12.1. The Labute approximate surface area is 89.9 Å². The zero-order valence-electron chi connectivity index (χ0n) is 6.02. The summed E-state index contributed by atoms with van der Waals surface area (Å²) >= 11 is 14.0. The average Bonchev–Trinajstić information content (AvgIpc) is 2.10. The van der Waals surface area contributed by atoms with Crippen LogP contribution < -0.4 is 0 Å². The average molecular weight is 273 g/mol. The monoisotopic (exact) mass is 272 g/mol. The lowest BCUT2D eigenvalue weighted by Gasteiger charge is -2.30. The molecule has 14 heavy (non-hydrogen) atoms. The highest BCUT2D eigenvalue weighted by Gasteiger charge is 2.63.